The number of hydrogen-bond donors (Lipinski definition) is 0. The van der Waals surface area contributed by atoms with Crippen LogP contribution in [-0.2, 0) is 11.3 Å². The number of thiophene rings is 1. The Labute approximate surface area is 139 Å². The average molecular weight is 335 g/mol. The summed E-state index contributed by atoms with van der Waals surface area (Å²) in [4.78, 5) is 15.4. The lowest BCUT2D eigenvalue weighted by Gasteiger charge is -2.34. The van der Waals surface area contributed by atoms with Crippen molar-refractivity contribution in [2.24, 2.45) is 0 Å². The number of ketones is 1. The molecular weight excluding hydrogens is 314 g/mol. The third-order valence-corrected chi connectivity index (χ3v) is 4.87. The Balaban J connectivity index is 1.69. The van der Waals surface area contributed by atoms with Crippen LogP contribution in [0.4, 0.5) is 0 Å². The van der Waals surface area contributed by atoms with Gasteiger partial charge in [0.2, 0.25) is 0 Å². The van der Waals surface area contributed by atoms with Crippen LogP contribution in [0, 0.1) is 0 Å². The molecule has 0 aliphatic carbocycles. The van der Waals surface area contributed by atoms with Gasteiger partial charge in [0.25, 0.3) is 0 Å². The van der Waals surface area contributed by atoms with Crippen LogP contribution in [0.2, 0.25) is 0 Å². The minimum Gasteiger partial charge on any atom is -0.378 e. The highest BCUT2D eigenvalue weighted by Crippen LogP contribution is 2.19. The molecule has 0 aromatic carbocycles. The molecule has 7 nitrogen and oxygen atoms in total. The molecule has 1 saturated heterocycles. The van der Waals surface area contributed by atoms with Crippen molar-refractivity contribution in [3.8, 4) is 0 Å². The molecule has 0 saturated carbocycles. The van der Waals surface area contributed by atoms with Crippen LogP contribution >= 0.6 is 11.3 Å². The fourth-order valence-corrected chi connectivity index (χ4v) is 3.41. The van der Waals surface area contributed by atoms with Gasteiger partial charge in [-0.1, -0.05) is 6.07 Å². The normalized spacial score (nSPS) is 19.3. The number of Topliss-reactive ketones (excluding diaryl/α,β-unsaturated/α-hetero) is 1. The van der Waals surface area contributed by atoms with E-state index in [1.165, 1.54) is 11.3 Å². The van der Waals surface area contributed by atoms with Gasteiger partial charge >= 0.3 is 0 Å². The first-order valence-electron chi connectivity index (χ1n) is 7.80. The maximum Gasteiger partial charge on any atom is 0.174 e. The van der Waals surface area contributed by atoms with E-state index in [4.69, 9.17) is 4.74 Å². The predicted molar refractivity (Wildman–Crippen MR) is 86.5 cm³/mol. The van der Waals surface area contributed by atoms with Crippen molar-refractivity contribution in [1.29, 1.82) is 0 Å². The molecule has 1 unspecified atom stereocenters. The van der Waals surface area contributed by atoms with E-state index < -0.39 is 0 Å². The van der Waals surface area contributed by atoms with E-state index in [1.807, 2.05) is 22.2 Å². The summed E-state index contributed by atoms with van der Waals surface area (Å²) < 4.78 is 7.41. The number of carbonyl (C=O) groups is 1. The van der Waals surface area contributed by atoms with Crippen LogP contribution in [0.1, 0.15) is 41.8 Å². The van der Waals surface area contributed by atoms with E-state index in [0.29, 0.717) is 26.2 Å². The van der Waals surface area contributed by atoms with Gasteiger partial charge in [-0.05, 0) is 35.7 Å². The maximum atomic E-state index is 12.4. The third-order valence-electron chi connectivity index (χ3n) is 3.96. The first kappa shape index (κ1) is 16.2. The third kappa shape index (κ3) is 3.82. The molecular formula is C15H21N5O2S. The second-order valence-electron chi connectivity index (χ2n) is 5.94. The zero-order valence-corrected chi connectivity index (χ0v) is 14.2. The first-order chi connectivity index (χ1) is 11.1. The number of rotatable bonds is 6. The van der Waals surface area contributed by atoms with Crippen molar-refractivity contribution in [3.05, 3.63) is 28.2 Å². The predicted octanol–water partition coefficient (Wildman–Crippen LogP) is 1.79. The lowest BCUT2D eigenvalue weighted by Crippen LogP contribution is -2.46. The highest BCUT2D eigenvalue weighted by molar-refractivity contribution is 7.12. The van der Waals surface area contributed by atoms with Gasteiger partial charge in [-0.15, -0.1) is 16.4 Å². The first-order valence-corrected chi connectivity index (χ1v) is 8.68. The summed E-state index contributed by atoms with van der Waals surface area (Å²) in [5.74, 6) is 0.999. The molecule has 124 valence electrons. The Morgan fingerprint density at radius 1 is 1.52 bits per heavy atom. The largest absolute Gasteiger partial charge is 0.378 e. The van der Waals surface area contributed by atoms with Crippen molar-refractivity contribution in [3.63, 3.8) is 0 Å². The number of hydrogen-bond acceptors (Lipinski definition) is 7. The molecule has 8 heteroatoms. The van der Waals surface area contributed by atoms with E-state index >= 15 is 0 Å². The van der Waals surface area contributed by atoms with Crippen molar-refractivity contribution >= 4 is 17.1 Å². The molecule has 2 aromatic rings. The van der Waals surface area contributed by atoms with Gasteiger partial charge in [-0.3, -0.25) is 9.69 Å². The van der Waals surface area contributed by atoms with E-state index in [1.54, 1.807) is 0 Å². The van der Waals surface area contributed by atoms with Crippen molar-refractivity contribution in [1.82, 2.24) is 25.1 Å². The van der Waals surface area contributed by atoms with Gasteiger partial charge in [-0.2, -0.15) is 0 Å². The maximum absolute atomic E-state index is 12.4. The fourth-order valence-electron chi connectivity index (χ4n) is 2.74. The molecule has 0 spiro atoms. The van der Waals surface area contributed by atoms with Crippen LogP contribution in [0.3, 0.4) is 0 Å². The molecule has 0 N–H and O–H groups in total. The zero-order chi connectivity index (χ0) is 16.2. The Hall–Kier alpha value is -1.64. The van der Waals surface area contributed by atoms with Gasteiger partial charge in [0.05, 0.1) is 30.7 Å². The van der Waals surface area contributed by atoms with Gasteiger partial charge in [0.1, 0.15) is 0 Å². The summed E-state index contributed by atoms with van der Waals surface area (Å²) in [7, 11) is 0. The Bertz CT molecular complexity index is 640. The Morgan fingerprint density at radius 3 is 3.13 bits per heavy atom. The van der Waals surface area contributed by atoms with Gasteiger partial charge in [0, 0.05) is 19.0 Å². The molecule has 23 heavy (non-hydrogen) atoms. The fraction of sp³-hybridized carbons (Fsp3) is 0.600. The summed E-state index contributed by atoms with van der Waals surface area (Å²) in [6.45, 7) is 6.77. The van der Waals surface area contributed by atoms with Gasteiger partial charge in [0.15, 0.2) is 11.6 Å². The standard InChI is InChI=1S/C15H21N5O2S/c1-11(2)20-15(16-17-18-20)9-19-5-6-22-10-12(19)8-13(21)14-4-3-7-23-14/h3-4,7,11-12H,5-6,8-10H2,1-2H3. The van der Waals surface area contributed by atoms with Crippen LogP contribution in [0.25, 0.3) is 0 Å². The van der Waals surface area contributed by atoms with Crippen molar-refractivity contribution < 1.29 is 9.53 Å². The van der Waals surface area contributed by atoms with Gasteiger partial charge in [-0.25, -0.2) is 4.68 Å². The monoisotopic (exact) mass is 335 g/mol. The summed E-state index contributed by atoms with van der Waals surface area (Å²) in [6.07, 6.45) is 0.462. The van der Waals surface area contributed by atoms with Crippen LogP contribution < -0.4 is 0 Å². The molecule has 0 radical (unpaired) electrons. The second kappa shape index (κ2) is 7.29. The number of morpholine rings is 1. The van der Waals surface area contributed by atoms with Crippen LogP contribution in [-0.4, -0.2) is 56.7 Å². The van der Waals surface area contributed by atoms with Crippen molar-refractivity contribution in [2.75, 3.05) is 19.8 Å². The minimum atomic E-state index is 0.0654. The Morgan fingerprint density at radius 2 is 2.39 bits per heavy atom. The molecule has 1 aliphatic rings. The number of tetrazole rings is 1. The van der Waals surface area contributed by atoms with Gasteiger partial charge < -0.3 is 4.74 Å². The number of nitrogens with zero attached hydrogens (tertiary/aromatic N) is 5. The lowest BCUT2D eigenvalue weighted by molar-refractivity contribution is -0.0143. The van der Waals surface area contributed by atoms with Crippen LogP contribution in [0.15, 0.2) is 17.5 Å². The number of aromatic nitrogens is 4. The average Bonchev–Trinajstić information content (AvgIpc) is 3.20. The Kier molecular flexibility index (Phi) is 5.14. The van der Waals surface area contributed by atoms with Crippen molar-refractivity contribution in [2.45, 2.75) is 38.9 Å². The van der Waals surface area contributed by atoms with E-state index in [9.17, 15) is 4.79 Å². The molecule has 1 atom stereocenters. The molecule has 0 bridgehead atoms. The second-order valence-corrected chi connectivity index (χ2v) is 6.88. The molecule has 2 aromatic heterocycles. The molecule has 0 amide bonds. The zero-order valence-electron chi connectivity index (χ0n) is 13.4. The summed E-state index contributed by atoms with van der Waals surface area (Å²) in [6, 6.07) is 4.06. The van der Waals surface area contributed by atoms with E-state index in [0.717, 1.165) is 17.2 Å². The molecule has 3 heterocycles. The summed E-state index contributed by atoms with van der Waals surface area (Å²) in [5.41, 5.74) is 0. The number of ether oxygens (including phenoxy) is 1. The molecule has 3 rings (SSSR count). The van der Waals surface area contributed by atoms with E-state index in [2.05, 4.69) is 34.3 Å². The quantitative estimate of drug-likeness (QED) is 0.749. The SMILES string of the molecule is CC(C)n1nnnc1CN1CCOCC1CC(=O)c1cccs1. The smallest absolute Gasteiger partial charge is 0.174 e. The summed E-state index contributed by atoms with van der Waals surface area (Å²) >= 11 is 1.49. The number of carbonyl (C=O) groups excluding carboxylic acids is 1. The lowest BCUT2D eigenvalue weighted by atomic mass is 10.1. The topological polar surface area (TPSA) is 73.1 Å². The highest BCUT2D eigenvalue weighted by Gasteiger charge is 2.27. The minimum absolute atomic E-state index is 0.0654. The van der Waals surface area contributed by atoms with E-state index in [-0.39, 0.29) is 17.9 Å². The molecule has 1 fully saturated rings. The highest BCUT2D eigenvalue weighted by atomic mass is 32.1. The summed E-state index contributed by atoms with van der Waals surface area (Å²) in [5, 5.41) is 13.9. The molecule has 1 aliphatic heterocycles. The van der Waals surface area contributed by atoms with Crippen LogP contribution in [0.5, 0.6) is 0 Å².